The van der Waals surface area contributed by atoms with E-state index in [0.29, 0.717) is 23.1 Å². The van der Waals surface area contributed by atoms with Crippen molar-refractivity contribution in [1.82, 2.24) is 4.90 Å². The molecule has 1 heterocycles. The van der Waals surface area contributed by atoms with Gasteiger partial charge in [-0.05, 0) is 37.4 Å². The zero-order chi connectivity index (χ0) is 15.5. The number of hydrogen-bond acceptors (Lipinski definition) is 2. The van der Waals surface area contributed by atoms with Crippen LogP contribution in [-0.2, 0) is 11.3 Å². The lowest BCUT2D eigenvalue weighted by Crippen LogP contribution is -2.47. The third-order valence-electron chi connectivity index (χ3n) is 4.26. The number of rotatable bonds is 5. The molecule has 1 aliphatic rings. The number of halogens is 2. The Bertz CT molecular complexity index is 517. The number of carbonyl (C=O) groups is 1. The molecule has 21 heavy (non-hydrogen) atoms. The molecule has 1 unspecified atom stereocenters. The summed E-state index contributed by atoms with van der Waals surface area (Å²) in [5.74, 6) is -0.675. The standard InChI is InChI=1S/C16H21Cl2NO2/c1-2-7-16(15(20)21)8-4-9-19(11-16)10-12-5-3-6-13(17)14(12)18/h3,5-6H,2,4,7-11H2,1H3,(H,20,21). The molecule has 0 aromatic heterocycles. The fourth-order valence-electron chi connectivity index (χ4n) is 3.24. The number of hydrogen-bond donors (Lipinski definition) is 1. The topological polar surface area (TPSA) is 40.5 Å². The molecule has 1 aromatic carbocycles. The van der Waals surface area contributed by atoms with E-state index in [2.05, 4.69) is 4.90 Å². The third kappa shape index (κ3) is 3.71. The Kier molecular flexibility index (Phi) is 5.53. The lowest BCUT2D eigenvalue weighted by molar-refractivity contribution is -0.153. The highest BCUT2D eigenvalue weighted by Gasteiger charge is 2.41. The van der Waals surface area contributed by atoms with Crippen LogP contribution in [0.5, 0.6) is 0 Å². The monoisotopic (exact) mass is 329 g/mol. The van der Waals surface area contributed by atoms with Gasteiger partial charge in [-0.2, -0.15) is 0 Å². The van der Waals surface area contributed by atoms with Crippen molar-refractivity contribution >= 4 is 29.2 Å². The molecule has 3 nitrogen and oxygen atoms in total. The zero-order valence-corrected chi connectivity index (χ0v) is 13.8. The van der Waals surface area contributed by atoms with Gasteiger partial charge >= 0.3 is 5.97 Å². The number of benzene rings is 1. The Hall–Kier alpha value is -0.770. The van der Waals surface area contributed by atoms with E-state index in [1.807, 2.05) is 19.1 Å². The van der Waals surface area contributed by atoms with E-state index < -0.39 is 11.4 Å². The minimum absolute atomic E-state index is 0.546. The molecule has 5 heteroatoms. The number of carboxylic acid groups (broad SMARTS) is 1. The molecule has 1 saturated heterocycles. The van der Waals surface area contributed by atoms with Crippen molar-refractivity contribution in [3.05, 3.63) is 33.8 Å². The number of aliphatic carboxylic acids is 1. The van der Waals surface area contributed by atoms with E-state index in [4.69, 9.17) is 23.2 Å². The summed E-state index contributed by atoms with van der Waals surface area (Å²) < 4.78 is 0. The van der Waals surface area contributed by atoms with Crippen LogP contribution in [0.1, 0.15) is 38.2 Å². The molecule has 2 rings (SSSR count). The van der Waals surface area contributed by atoms with E-state index in [1.165, 1.54) is 0 Å². The minimum Gasteiger partial charge on any atom is -0.481 e. The summed E-state index contributed by atoms with van der Waals surface area (Å²) in [7, 11) is 0. The summed E-state index contributed by atoms with van der Waals surface area (Å²) in [5, 5.41) is 10.7. The number of piperidine rings is 1. The lowest BCUT2D eigenvalue weighted by Gasteiger charge is -2.40. The molecule has 0 spiro atoms. The molecule has 1 fully saturated rings. The normalized spacial score (nSPS) is 23.2. The Morgan fingerprint density at radius 3 is 2.86 bits per heavy atom. The van der Waals surface area contributed by atoms with Crippen LogP contribution in [0.2, 0.25) is 10.0 Å². The average molecular weight is 330 g/mol. The molecule has 1 aromatic rings. The van der Waals surface area contributed by atoms with Gasteiger partial charge in [-0.1, -0.05) is 48.7 Å². The third-order valence-corrected chi connectivity index (χ3v) is 5.12. The SMILES string of the molecule is CCCC1(C(=O)O)CCCN(Cc2cccc(Cl)c2Cl)C1. The average Bonchev–Trinajstić information content (AvgIpc) is 2.44. The first-order chi connectivity index (χ1) is 9.98. The fourth-order valence-corrected chi connectivity index (χ4v) is 3.62. The van der Waals surface area contributed by atoms with Crippen molar-refractivity contribution in [3.8, 4) is 0 Å². The lowest BCUT2D eigenvalue weighted by atomic mass is 9.76. The van der Waals surface area contributed by atoms with Crippen LogP contribution in [0, 0.1) is 5.41 Å². The molecule has 0 bridgehead atoms. The van der Waals surface area contributed by atoms with Crippen molar-refractivity contribution in [1.29, 1.82) is 0 Å². The first kappa shape index (κ1) is 16.6. The molecule has 0 aliphatic carbocycles. The van der Waals surface area contributed by atoms with Crippen LogP contribution >= 0.6 is 23.2 Å². The van der Waals surface area contributed by atoms with Crippen molar-refractivity contribution in [2.45, 2.75) is 39.2 Å². The maximum Gasteiger partial charge on any atom is 0.310 e. The van der Waals surface area contributed by atoms with Gasteiger partial charge < -0.3 is 5.11 Å². The Balaban J connectivity index is 2.14. The Labute approximate surface area is 135 Å². The second-order valence-electron chi connectivity index (χ2n) is 5.86. The highest BCUT2D eigenvalue weighted by Crippen LogP contribution is 2.36. The maximum atomic E-state index is 11.7. The molecule has 116 valence electrons. The number of likely N-dealkylation sites (tertiary alicyclic amines) is 1. The van der Waals surface area contributed by atoms with Gasteiger partial charge in [0.25, 0.3) is 0 Å². The summed E-state index contributed by atoms with van der Waals surface area (Å²) in [6.45, 7) is 4.18. The van der Waals surface area contributed by atoms with E-state index in [9.17, 15) is 9.90 Å². The maximum absolute atomic E-state index is 11.7. The van der Waals surface area contributed by atoms with Crippen molar-refractivity contribution in [2.75, 3.05) is 13.1 Å². The Morgan fingerprint density at radius 1 is 1.43 bits per heavy atom. The fraction of sp³-hybridized carbons (Fsp3) is 0.562. The summed E-state index contributed by atoms with van der Waals surface area (Å²) in [6.07, 6.45) is 3.28. The van der Waals surface area contributed by atoms with Crippen LogP contribution in [0.4, 0.5) is 0 Å². The molecule has 0 radical (unpaired) electrons. The molecule has 1 aliphatic heterocycles. The quantitative estimate of drug-likeness (QED) is 0.866. The molecular formula is C16H21Cl2NO2. The second kappa shape index (κ2) is 6.99. The summed E-state index contributed by atoms with van der Waals surface area (Å²) in [4.78, 5) is 13.9. The van der Waals surface area contributed by atoms with E-state index >= 15 is 0 Å². The van der Waals surface area contributed by atoms with Crippen molar-refractivity contribution in [2.24, 2.45) is 5.41 Å². The van der Waals surface area contributed by atoms with Gasteiger partial charge in [0.15, 0.2) is 0 Å². The largest absolute Gasteiger partial charge is 0.481 e. The number of carboxylic acids is 1. The van der Waals surface area contributed by atoms with Crippen LogP contribution in [0.25, 0.3) is 0 Å². The van der Waals surface area contributed by atoms with E-state index in [0.717, 1.165) is 37.8 Å². The van der Waals surface area contributed by atoms with Gasteiger partial charge in [-0.25, -0.2) is 0 Å². The van der Waals surface area contributed by atoms with Gasteiger partial charge in [0.05, 0.1) is 15.5 Å². The van der Waals surface area contributed by atoms with Crippen LogP contribution in [-0.4, -0.2) is 29.1 Å². The predicted octanol–water partition coefficient (Wildman–Crippen LogP) is 4.46. The van der Waals surface area contributed by atoms with Crippen LogP contribution in [0.15, 0.2) is 18.2 Å². The first-order valence-corrected chi connectivity index (χ1v) is 8.13. The minimum atomic E-state index is -0.675. The molecular weight excluding hydrogens is 309 g/mol. The van der Waals surface area contributed by atoms with E-state index in [-0.39, 0.29) is 0 Å². The summed E-state index contributed by atoms with van der Waals surface area (Å²) in [5.41, 5.74) is 0.347. The molecule has 0 saturated carbocycles. The highest BCUT2D eigenvalue weighted by molar-refractivity contribution is 6.42. The molecule has 1 atom stereocenters. The predicted molar refractivity (Wildman–Crippen MR) is 85.9 cm³/mol. The van der Waals surface area contributed by atoms with Gasteiger partial charge in [-0.3, -0.25) is 9.69 Å². The van der Waals surface area contributed by atoms with Crippen molar-refractivity contribution in [3.63, 3.8) is 0 Å². The van der Waals surface area contributed by atoms with Crippen LogP contribution in [0.3, 0.4) is 0 Å². The first-order valence-electron chi connectivity index (χ1n) is 7.37. The Morgan fingerprint density at radius 2 is 2.19 bits per heavy atom. The van der Waals surface area contributed by atoms with Gasteiger partial charge in [0.1, 0.15) is 0 Å². The molecule has 1 N–H and O–H groups in total. The number of nitrogens with zero attached hydrogens (tertiary/aromatic N) is 1. The smallest absolute Gasteiger partial charge is 0.310 e. The van der Waals surface area contributed by atoms with Gasteiger partial charge in [0.2, 0.25) is 0 Å². The van der Waals surface area contributed by atoms with Gasteiger partial charge in [0, 0.05) is 13.1 Å². The highest BCUT2D eigenvalue weighted by atomic mass is 35.5. The summed E-state index contributed by atoms with van der Waals surface area (Å²) >= 11 is 12.3. The second-order valence-corrected chi connectivity index (χ2v) is 6.65. The molecule has 0 amide bonds. The van der Waals surface area contributed by atoms with E-state index in [1.54, 1.807) is 6.07 Å². The van der Waals surface area contributed by atoms with Crippen molar-refractivity contribution < 1.29 is 9.90 Å². The zero-order valence-electron chi connectivity index (χ0n) is 12.2. The van der Waals surface area contributed by atoms with Crippen LogP contribution < -0.4 is 0 Å². The summed E-state index contributed by atoms with van der Waals surface area (Å²) in [6, 6.07) is 5.59. The van der Waals surface area contributed by atoms with Gasteiger partial charge in [-0.15, -0.1) is 0 Å².